The molecule has 1 N–H and O–H groups in total. The Bertz CT molecular complexity index is 1210. The normalized spacial score (nSPS) is 20.5. The highest BCUT2D eigenvalue weighted by Crippen LogP contribution is 2.35. The second-order valence-electron chi connectivity index (χ2n) is 7.19. The lowest BCUT2D eigenvalue weighted by Gasteiger charge is -2.14. The number of hydrogen-bond acceptors (Lipinski definition) is 6. The molecule has 0 radical (unpaired) electrons. The van der Waals surface area contributed by atoms with Gasteiger partial charge in [-0.2, -0.15) is 19.4 Å². The lowest BCUT2D eigenvalue weighted by Crippen LogP contribution is -2.19. The van der Waals surface area contributed by atoms with Gasteiger partial charge in [0.05, 0.1) is 40.1 Å². The average molecular weight is 409 g/mol. The molecule has 4 rings (SSSR count). The highest BCUT2D eigenvalue weighted by molar-refractivity contribution is 7.91. The molecule has 0 amide bonds. The molecule has 2 aromatic rings. The maximum atomic E-state index is 12.1. The maximum absolute atomic E-state index is 12.1. The number of hydrogen-bond donors (Lipinski definition) is 1. The number of sulfonamides is 1. The summed E-state index contributed by atoms with van der Waals surface area (Å²) >= 11 is 0. The van der Waals surface area contributed by atoms with Crippen molar-refractivity contribution in [2.75, 3.05) is 0 Å². The molecule has 0 unspecified atom stereocenters. The summed E-state index contributed by atoms with van der Waals surface area (Å²) < 4.78 is 29.5. The summed E-state index contributed by atoms with van der Waals surface area (Å²) in [6, 6.07) is 8.92. The van der Waals surface area contributed by atoms with Crippen LogP contribution in [0.5, 0.6) is 5.88 Å². The third kappa shape index (κ3) is 3.59. The lowest BCUT2D eigenvalue weighted by molar-refractivity contribution is 0.436. The van der Waals surface area contributed by atoms with Gasteiger partial charge in [-0.1, -0.05) is 19.1 Å². The van der Waals surface area contributed by atoms with E-state index in [0.29, 0.717) is 41.2 Å². The number of rotatable bonds is 4. The van der Waals surface area contributed by atoms with Gasteiger partial charge in [0.15, 0.2) is 5.82 Å². The van der Waals surface area contributed by atoms with Gasteiger partial charge in [0.25, 0.3) is 10.0 Å². The van der Waals surface area contributed by atoms with Crippen LogP contribution in [0, 0.1) is 24.2 Å². The van der Waals surface area contributed by atoms with Crippen molar-refractivity contribution in [1.82, 2.24) is 9.78 Å². The summed E-state index contributed by atoms with van der Waals surface area (Å²) in [5.41, 5.74) is 2.79. The van der Waals surface area contributed by atoms with E-state index < -0.39 is 10.0 Å². The first-order valence-corrected chi connectivity index (χ1v) is 10.7. The maximum Gasteiger partial charge on any atom is 0.256 e. The fourth-order valence-electron chi connectivity index (χ4n) is 3.15. The molecular formula is C20H19N5O3S. The Morgan fingerprint density at radius 1 is 1.28 bits per heavy atom. The summed E-state index contributed by atoms with van der Waals surface area (Å²) in [5.74, 6) is 0.0212. The van der Waals surface area contributed by atoms with Gasteiger partial charge in [-0.25, -0.2) is 13.4 Å². The molecule has 0 saturated heterocycles. The second-order valence-corrected chi connectivity index (χ2v) is 9.07. The van der Waals surface area contributed by atoms with Crippen LogP contribution in [-0.2, 0) is 10.0 Å². The number of aryl methyl sites for hydroxylation is 1. The summed E-state index contributed by atoms with van der Waals surface area (Å²) in [5, 5.41) is 23.7. The number of benzene rings is 1. The van der Waals surface area contributed by atoms with Gasteiger partial charge in [0.1, 0.15) is 0 Å². The molecule has 1 saturated carbocycles. The quantitative estimate of drug-likeness (QED) is 0.832. The van der Waals surface area contributed by atoms with E-state index in [4.69, 9.17) is 5.26 Å². The van der Waals surface area contributed by atoms with E-state index in [1.165, 1.54) is 10.9 Å². The summed E-state index contributed by atoms with van der Waals surface area (Å²) in [7, 11) is -3.48. The van der Waals surface area contributed by atoms with Crippen molar-refractivity contribution in [3.63, 3.8) is 0 Å². The molecule has 2 heterocycles. The second kappa shape index (κ2) is 6.97. The van der Waals surface area contributed by atoms with Gasteiger partial charge < -0.3 is 5.11 Å². The van der Waals surface area contributed by atoms with E-state index in [9.17, 15) is 13.5 Å². The first-order valence-electron chi connectivity index (χ1n) is 9.19. The van der Waals surface area contributed by atoms with Gasteiger partial charge >= 0.3 is 0 Å². The van der Waals surface area contributed by atoms with Crippen molar-refractivity contribution in [3.8, 4) is 23.1 Å². The number of nitriles is 1. The molecule has 2 aliphatic rings. The van der Waals surface area contributed by atoms with Gasteiger partial charge in [-0.05, 0) is 43.5 Å². The van der Waals surface area contributed by atoms with Crippen LogP contribution in [0.1, 0.15) is 31.0 Å². The first kappa shape index (κ1) is 19.1. The predicted octanol–water partition coefficient (Wildman–Crippen LogP) is 2.89. The van der Waals surface area contributed by atoms with Crippen LogP contribution in [0.4, 0.5) is 0 Å². The molecule has 1 aliphatic carbocycles. The molecule has 1 aromatic heterocycles. The van der Waals surface area contributed by atoms with Crippen LogP contribution in [-0.4, -0.2) is 40.5 Å². The predicted molar refractivity (Wildman–Crippen MR) is 110 cm³/mol. The topological polar surface area (TPSA) is 121 Å². The summed E-state index contributed by atoms with van der Waals surface area (Å²) in [6.45, 7) is 3.59. The molecule has 0 bridgehead atoms. The van der Waals surface area contributed by atoms with Crippen LogP contribution < -0.4 is 0 Å². The molecule has 1 aromatic carbocycles. The van der Waals surface area contributed by atoms with Crippen molar-refractivity contribution in [2.45, 2.75) is 31.9 Å². The Morgan fingerprint density at radius 2 is 1.97 bits per heavy atom. The Labute approximate surface area is 168 Å². The van der Waals surface area contributed by atoms with Crippen LogP contribution in [0.2, 0.25) is 0 Å². The van der Waals surface area contributed by atoms with Crippen LogP contribution >= 0.6 is 0 Å². The van der Waals surface area contributed by atoms with Gasteiger partial charge in [0, 0.05) is 5.92 Å². The Morgan fingerprint density at radius 3 is 2.55 bits per heavy atom. The molecule has 8 nitrogen and oxygen atoms in total. The summed E-state index contributed by atoms with van der Waals surface area (Å²) in [6.07, 6.45) is 4.45. The van der Waals surface area contributed by atoms with Gasteiger partial charge in [0.2, 0.25) is 5.88 Å². The lowest BCUT2D eigenvalue weighted by atomic mass is 10.0. The minimum atomic E-state index is -3.48. The SMILES string of the molecule is Cc1nn(C2=C[C@@H](C)C(=NS(=O)(=O)C3CC3)C=N2)c(O)c1-c1ccc(C#N)cc1. The van der Waals surface area contributed by atoms with Crippen molar-refractivity contribution >= 4 is 27.8 Å². The standard InChI is InChI=1S/C20H19N5O3S/c1-12-9-18(22-11-17(12)24-29(27,28)16-7-8-16)25-20(26)19(13(2)23-25)15-5-3-14(10-21)4-6-15/h3-6,9,11-12,16,26H,7-8H2,1-2H3/t12-/m1/s1. The van der Waals surface area contributed by atoms with E-state index in [2.05, 4.69) is 20.6 Å². The summed E-state index contributed by atoms with van der Waals surface area (Å²) in [4.78, 5) is 4.27. The van der Waals surface area contributed by atoms with Crippen LogP contribution in [0.3, 0.4) is 0 Å². The average Bonchev–Trinajstić information content (AvgIpc) is 3.50. The molecule has 9 heteroatoms. The van der Waals surface area contributed by atoms with E-state index >= 15 is 0 Å². The first-order chi connectivity index (χ1) is 13.8. The van der Waals surface area contributed by atoms with Crippen LogP contribution in [0.15, 0.2) is 39.7 Å². The highest BCUT2D eigenvalue weighted by atomic mass is 32.2. The Hall–Kier alpha value is -3.25. The van der Waals surface area contributed by atoms with E-state index in [1.807, 2.05) is 6.92 Å². The zero-order chi connectivity index (χ0) is 20.8. The fourth-order valence-corrected chi connectivity index (χ4v) is 4.53. The Balaban J connectivity index is 1.66. The molecule has 0 spiro atoms. The van der Waals surface area contributed by atoms with Crippen molar-refractivity contribution < 1.29 is 13.5 Å². The minimum Gasteiger partial charge on any atom is -0.493 e. The zero-order valence-corrected chi connectivity index (χ0v) is 16.8. The monoisotopic (exact) mass is 409 g/mol. The third-order valence-electron chi connectivity index (χ3n) is 4.93. The number of allylic oxidation sites excluding steroid dienone is 1. The molecule has 148 valence electrons. The van der Waals surface area contributed by atoms with Gasteiger partial charge in [-0.3, -0.25) is 0 Å². The van der Waals surface area contributed by atoms with E-state index in [-0.39, 0.29) is 17.0 Å². The zero-order valence-electron chi connectivity index (χ0n) is 15.9. The third-order valence-corrected chi connectivity index (χ3v) is 6.71. The minimum absolute atomic E-state index is 0.0752. The number of aliphatic imine (C=N–C) groups is 1. The van der Waals surface area contributed by atoms with Crippen LogP contribution in [0.25, 0.3) is 16.9 Å². The molecular weight excluding hydrogens is 390 g/mol. The smallest absolute Gasteiger partial charge is 0.256 e. The fraction of sp³-hybridized carbons (Fsp3) is 0.300. The number of aromatic nitrogens is 2. The number of nitrogens with zero attached hydrogens (tertiary/aromatic N) is 5. The molecule has 29 heavy (non-hydrogen) atoms. The van der Waals surface area contributed by atoms with Crippen molar-refractivity contribution in [2.24, 2.45) is 15.3 Å². The largest absolute Gasteiger partial charge is 0.493 e. The van der Waals surface area contributed by atoms with Crippen molar-refractivity contribution in [3.05, 3.63) is 41.6 Å². The number of aromatic hydroxyl groups is 1. The molecule has 1 fully saturated rings. The Kier molecular flexibility index (Phi) is 4.59. The van der Waals surface area contributed by atoms with Gasteiger partial charge in [-0.15, -0.1) is 0 Å². The molecule has 1 atom stereocenters. The molecule has 1 aliphatic heterocycles. The van der Waals surface area contributed by atoms with E-state index in [1.54, 1.807) is 37.3 Å². The highest BCUT2D eigenvalue weighted by Gasteiger charge is 2.36. The van der Waals surface area contributed by atoms with E-state index in [0.717, 1.165) is 5.56 Å². The van der Waals surface area contributed by atoms with Crippen molar-refractivity contribution in [1.29, 1.82) is 5.26 Å².